The minimum atomic E-state index is 0.408. The minimum Gasteiger partial charge on any atom is -0.310 e. The molecule has 1 aliphatic carbocycles. The van der Waals surface area contributed by atoms with Gasteiger partial charge >= 0.3 is 0 Å². The molecule has 0 aromatic rings. The quantitative estimate of drug-likeness (QED) is 0.745. The van der Waals surface area contributed by atoms with Crippen molar-refractivity contribution in [2.75, 3.05) is 13.1 Å². The zero-order valence-corrected chi connectivity index (χ0v) is 10.4. The molecule has 1 unspecified atom stereocenters. The summed E-state index contributed by atoms with van der Waals surface area (Å²) in [7, 11) is 0. The van der Waals surface area contributed by atoms with Gasteiger partial charge in [0.05, 0.1) is 0 Å². The highest BCUT2D eigenvalue weighted by Gasteiger charge is 2.35. The summed E-state index contributed by atoms with van der Waals surface area (Å²) < 4.78 is 0. The molecule has 0 aromatic carbocycles. The van der Waals surface area contributed by atoms with Crippen LogP contribution < -0.4 is 10.6 Å². The van der Waals surface area contributed by atoms with Crippen LogP contribution in [0.25, 0.3) is 0 Å². The lowest BCUT2D eigenvalue weighted by Gasteiger charge is -2.34. The lowest BCUT2D eigenvalue weighted by atomic mass is 9.91. The van der Waals surface area contributed by atoms with E-state index < -0.39 is 0 Å². The topological polar surface area (TPSA) is 24.1 Å². The van der Waals surface area contributed by atoms with Crippen LogP contribution in [0, 0.1) is 0 Å². The molecule has 15 heavy (non-hydrogen) atoms. The first kappa shape index (κ1) is 11.4. The molecule has 0 spiro atoms. The molecule has 2 aliphatic rings. The summed E-state index contributed by atoms with van der Waals surface area (Å²) in [5, 5.41) is 7.53. The minimum absolute atomic E-state index is 0.408. The summed E-state index contributed by atoms with van der Waals surface area (Å²) in [6.45, 7) is 7.10. The molecule has 1 heterocycles. The van der Waals surface area contributed by atoms with Crippen LogP contribution in [-0.2, 0) is 0 Å². The molecular weight excluding hydrogens is 184 g/mol. The van der Waals surface area contributed by atoms with E-state index in [0.717, 1.165) is 0 Å². The van der Waals surface area contributed by atoms with Gasteiger partial charge in [-0.15, -0.1) is 0 Å². The average Bonchev–Trinajstić information content (AvgIpc) is 2.86. The number of hydrogen-bond donors (Lipinski definition) is 2. The Morgan fingerprint density at radius 2 is 1.87 bits per heavy atom. The molecule has 2 rings (SSSR count). The van der Waals surface area contributed by atoms with Gasteiger partial charge in [0.2, 0.25) is 0 Å². The number of nitrogens with one attached hydrogen (secondary N) is 2. The fraction of sp³-hybridized carbons (Fsp3) is 1.00. The molecule has 2 heteroatoms. The van der Waals surface area contributed by atoms with E-state index in [9.17, 15) is 0 Å². The Hall–Kier alpha value is -0.0800. The summed E-state index contributed by atoms with van der Waals surface area (Å²) in [4.78, 5) is 0. The van der Waals surface area contributed by atoms with Crippen LogP contribution in [0.1, 0.15) is 58.8 Å². The van der Waals surface area contributed by atoms with Crippen LogP contribution in [0.15, 0.2) is 0 Å². The molecular formula is C13H26N2. The summed E-state index contributed by atoms with van der Waals surface area (Å²) in [6, 6.07) is 0. The Bertz CT molecular complexity index is 201. The first-order valence-corrected chi connectivity index (χ1v) is 6.68. The molecule has 0 amide bonds. The monoisotopic (exact) mass is 210 g/mol. The molecule has 0 aromatic heterocycles. The molecule has 1 aliphatic heterocycles. The van der Waals surface area contributed by atoms with Gasteiger partial charge in [0, 0.05) is 17.6 Å². The smallest absolute Gasteiger partial charge is 0.0304 e. The van der Waals surface area contributed by atoms with Gasteiger partial charge in [0.1, 0.15) is 0 Å². The third-order valence-corrected chi connectivity index (χ3v) is 4.57. The van der Waals surface area contributed by atoms with Crippen molar-refractivity contribution in [2.24, 2.45) is 0 Å². The normalized spacial score (nSPS) is 34.8. The highest BCUT2D eigenvalue weighted by molar-refractivity contribution is 4.97. The van der Waals surface area contributed by atoms with Gasteiger partial charge in [-0.2, -0.15) is 0 Å². The molecule has 1 saturated carbocycles. The van der Waals surface area contributed by atoms with E-state index in [-0.39, 0.29) is 0 Å². The summed E-state index contributed by atoms with van der Waals surface area (Å²) in [5.41, 5.74) is 0.845. The SMILES string of the molecule is CCC1(CNC2(C)CCCC2)CCCN1. The molecule has 0 radical (unpaired) electrons. The predicted octanol–water partition coefficient (Wildman–Crippen LogP) is 2.44. The van der Waals surface area contributed by atoms with Crippen LogP contribution in [0.4, 0.5) is 0 Å². The van der Waals surface area contributed by atoms with Gasteiger partial charge in [-0.05, 0) is 45.6 Å². The van der Waals surface area contributed by atoms with Crippen LogP contribution in [0.5, 0.6) is 0 Å². The molecule has 2 fully saturated rings. The molecule has 1 atom stereocenters. The molecule has 2 nitrogen and oxygen atoms in total. The van der Waals surface area contributed by atoms with E-state index in [1.165, 1.54) is 58.0 Å². The average molecular weight is 210 g/mol. The predicted molar refractivity (Wildman–Crippen MR) is 65.1 cm³/mol. The van der Waals surface area contributed by atoms with E-state index in [1.807, 2.05) is 0 Å². The second kappa shape index (κ2) is 4.42. The Morgan fingerprint density at radius 1 is 1.13 bits per heavy atom. The van der Waals surface area contributed by atoms with Crippen molar-refractivity contribution in [1.82, 2.24) is 10.6 Å². The van der Waals surface area contributed by atoms with Crippen molar-refractivity contribution in [1.29, 1.82) is 0 Å². The Morgan fingerprint density at radius 3 is 2.40 bits per heavy atom. The first-order chi connectivity index (χ1) is 7.18. The van der Waals surface area contributed by atoms with Gasteiger partial charge in [-0.25, -0.2) is 0 Å². The third-order valence-electron chi connectivity index (χ3n) is 4.57. The zero-order chi connectivity index (χ0) is 10.8. The van der Waals surface area contributed by atoms with E-state index >= 15 is 0 Å². The largest absolute Gasteiger partial charge is 0.310 e. The van der Waals surface area contributed by atoms with Crippen molar-refractivity contribution < 1.29 is 0 Å². The van der Waals surface area contributed by atoms with Gasteiger partial charge in [-0.3, -0.25) is 0 Å². The maximum atomic E-state index is 3.83. The van der Waals surface area contributed by atoms with Gasteiger partial charge in [-0.1, -0.05) is 19.8 Å². The van der Waals surface area contributed by atoms with Crippen molar-refractivity contribution in [3.63, 3.8) is 0 Å². The molecule has 1 saturated heterocycles. The standard InChI is InChI=1S/C13H26N2/c1-3-13(9-6-10-14-13)11-15-12(2)7-4-5-8-12/h14-15H,3-11H2,1-2H3. The van der Waals surface area contributed by atoms with Crippen LogP contribution in [0.3, 0.4) is 0 Å². The lowest BCUT2D eigenvalue weighted by molar-refractivity contribution is 0.275. The Kier molecular flexibility index (Phi) is 3.36. The first-order valence-electron chi connectivity index (χ1n) is 6.68. The van der Waals surface area contributed by atoms with Crippen LogP contribution in [0.2, 0.25) is 0 Å². The fourth-order valence-electron chi connectivity index (χ4n) is 3.16. The highest BCUT2D eigenvalue weighted by atomic mass is 15.1. The fourth-order valence-corrected chi connectivity index (χ4v) is 3.16. The third kappa shape index (κ3) is 2.54. The van der Waals surface area contributed by atoms with E-state index in [2.05, 4.69) is 24.5 Å². The Balaban J connectivity index is 1.85. The van der Waals surface area contributed by atoms with Crippen LogP contribution in [-0.4, -0.2) is 24.2 Å². The Labute approximate surface area is 94.2 Å². The van der Waals surface area contributed by atoms with E-state index in [1.54, 1.807) is 0 Å². The van der Waals surface area contributed by atoms with Crippen molar-refractivity contribution in [2.45, 2.75) is 69.9 Å². The van der Waals surface area contributed by atoms with Gasteiger partial charge < -0.3 is 10.6 Å². The highest BCUT2D eigenvalue weighted by Crippen LogP contribution is 2.30. The second-order valence-corrected chi connectivity index (χ2v) is 5.79. The summed E-state index contributed by atoms with van der Waals surface area (Å²) >= 11 is 0. The van der Waals surface area contributed by atoms with Gasteiger partial charge in [0.25, 0.3) is 0 Å². The molecule has 0 bridgehead atoms. The molecule has 2 N–H and O–H groups in total. The van der Waals surface area contributed by atoms with E-state index in [0.29, 0.717) is 11.1 Å². The summed E-state index contributed by atoms with van der Waals surface area (Å²) in [6.07, 6.45) is 9.53. The van der Waals surface area contributed by atoms with Gasteiger partial charge in [0.15, 0.2) is 0 Å². The summed E-state index contributed by atoms with van der Waals surface area (Å²) in [5.74, 6) is 0. The lowest BCUT2D eigenvalue weighted by Crippen LogP contribution is -2.53. The van der Waals surface area contributed by atoms with E-state index in [4.69, 9.17) is 0 Å². The maximum Gasteiger partial charge on any atom is 0.0304 e. The number of rotatable bonds is 4. The zero-order valence-electron chi connectivity index (χ0n) is 10.4. The van der Waals surface area contributed by atoms with Crippen molar-refractivity contribution in [3.05, 3.63) is 0 Å². The maximum absolute atomic E-state index is 3.83. The second-order valence-electron chi connectivity index (χ2n) is 5.79. The van der Waals surface area contributed by atoms with Crippen molar-refractivity contribution in [3.8, 4) is 0 Å². The van der Waals surface area contributed by atoms with Crippen molar-refractivity contribution >= 4 is 0 Å². The number of hydrogen-bond acceptors (Lipinski definition) is 2. The van der Waals surface area contributed by atoms with Crippen LogP contribution >= 0.6 is 0 Å². The molecule has 88 valence electrons.